The largest absolute Gasteiger partial charge is 0.465 e. The van der Waals surface area contributed by atoms with Crippen molar-refractivity contribution in [2.24, 2.45) is 0 Å². The predicted molar refractivity (Wildman–Crippen MR) is 125 cm³/mol. The van der Waals surface area contributed by atoms with Crippen molar-refractivity contribution in [2.45, 2.75) is 19.0 Å². The van der Waals surface area contributed by atoms with Crippen molar-refractivity contribution in [3.05, 3.63) is 36.0 Å². The highest BCUT2D eigenvalue weighted by Crippen LogP contribution is 2.29. The minimum Gasteiger partial charge on any atom is -0.465 e. The number of carboxylic acid groups (broad SMARTS) is 1. The van der Waals surface area contributed by atoms with Gasteiger partial charge in [-0.2, -0.15) is 0 Å². The van der Waals surface area contributed by atoms with Crippen molar-refractivity contribution < 1.29 is 19.1 Å². The van der Waals surface area contributed by atoms with Crippen molar-refractivity contribution in [1.82, 2.24) is 30.4 Å². The van der Waals surface area contributed by atoms with Gasteiger partial charge in [-0.25, -0.2) is 14.8 Å². The number of ether oxygens (including phenoxy) is 1. The third kappa shape index (κ3) is 5.07. The first kappa shape index (κ1) is 23.4. The Morgan fingerprint density at radius 2 is 2.09 bits per heavy atom. The summed E-state index contributed by atoms with van der Waals surface area (Å²) in [4.78, 5) is 23.9. The van der Waals surface area contributed by atoms with Crippen molar-refractivity contribution in [1.29, 1.82) is 0 Å². The number of nitrogens with zero attached hydrogens (tertiary/aromatic N) is 6. The second kappa shape index (κ2) is 10.4. The fraction of sp³-hybridized carbons (Fsp3) is 0.409. The van der Waals surface area contributed by atoms with E-state index in [9.17, 15) is 9.90 Å². The van der Waals surface area contributed by atoms with E-state index < -0.39 is 6.09 Å². The standard InChI is InChI=1S/C22H28N8O4/c1-24-11-14-3-5-15(6-4-14)20-27-28-21(34-20)18-19(23)25-12-17(26-18)29-8-7-16(13-29)30(22(31)32)9-10-33-2/h3-6,12,16,24H,7-11,13H2,1-2H3,(H2,23,25)(H,31,32)/t16-/m0/s1. The molecule has 0 radical (unpaired) electrons. The second-order valence-corrected chi connectivity index (χ2v) is 7.96. The Bertz CT molecular complexity index is 1120. The summed E-state index contributed by atoms with van der Waals surface area (Å²) in [6.07, 6.45) is 1.27. The average Bonchev–Trinajstić information content (AvgIpc) is 3.51. The summed E-state index contributed by atoms with van der Waals surface area (Å²) in [7, 11) is 3.44. The van der Waals surface area contributed by atoms with E-state index in [1.807, 2.05) is 36.2 Å². The number of nitrogens with two attached hydrogens (primary N) is 1. The van der Waals surface area contributed by atoms with Crippen LogP contribution in [0.5, 0.6) is 0 Å². The number of benzene rings is 1. The average molecular weight is 469 g/mol. The molecule has 12 heteroatoms. The van der Waals surface area contributed by atoms with E-state index in [4.69, 9.17) is 14.9 Å². The molecule has 2 aromatic heterocycles. The zero-order valence-electron chi connectivity index (χ0n) is 19.1. The van der Waals surface area contributed by atoms with Gasteiger partial charge in [0.1, 0.15) is 5.82 Å². The van der Waals surface area contributed by atoms with Crippen LogP contribution in [-0.4, -0.2) is 82.7 Å². The maximum atomic E-state index is 11.7. The molecule has 180 valence electrons. The Labute approximate surface area is 196 Å². The summed E-state index contributed by atoms with van der Waals surface area (Å²) in [5.74, 6) is 1.27. The molecule has 4 N–H and O–H groups in total. The first-order valence-electron chi connectivity index (χ1n) is 10.9. The van der Waals surface area contributed by atoms with Crippen LogP contribution < -0.4 is 16.0 Å². The normalized spacial score (nSPS) is 15.6. The molecule has 0 saturated carbocycles. The molecule has 0 spiro atoms. The smallest absolute Gasteiger partial charge is 0.407 e. The number of aromatic nitrogens is 4. The molecule has 1 aromatic carbocycles. The number of nitrogen functional groups attached to an aromatic ring is 1. The summed E-state index contributed by atoms with van der Waals surface area (Å²) < 4.78 is 10.9. The SMILES string of the molecule is CNCc1ccc(-c2nnc(-c3nc(N4CC[C@H](N(CCOC)C(=O)O)C4)cnc3N)o2)cc1. The molecule has 1 saturated heterocycles. The number of methoxy groups -OCH3 is 1. The monoisotopic (exact) mass is 468 g/mol. The molecule has 1 amide bonds. The second-order valence-electron chi connectivity index (χ2n) is 7.96. The Morgan fingerprint density at radius 1 is 1.32 bits per heavy atom. The van der Waals surface area contributed by atoms with E-state index in [0.29, 0.717) is 50.1 Å². The highest BCUT2D eigenvalue weighted by molar-refractivity contribution is 5.67. The van der Waals surface area contributed by atoms with Gasteiger partial charge in [-0.1, -0.05) is 12.1 Å². The van der Waals surface area contributed by atoms with E-state index >= 15 is 0 Å². The molecule has 1 fully saturated rings. The Morgan fingerprint density at radius 3 is 2.79 bits per heavy atom. The van der Waals surface area contributed by atoms with Gasteiger partial charge in [0, 0.05) is 38.9 Å². The fourth-order valence-electron chi connectivity index (χ4n) is 3.93. The summed E-state index contributed by atoms with van der Waals surface area (Å²) in [6, 6.07) is 7.63. The van der Waals surface area contributed by atoms with Crippen LogP contribution in [-0.2, 0) is 11.3 Å². The lowest BCUT2D eigenvalue weighted by Crippen LogP contribution is -2.43. The highest BCUT2D eigenvalue weighted by Gasteiger charge is 2.31. The Hall–Kier alpha value is -3.77. The summed E-state index contributed by atoms with van der Waals surface area (Å²) in [5.41, 5.74) is 8.28. The Balaban J connectivity index is 1.51. The number of amides is 1. The lowest BCUT2D eigenvalue weighted by molar-refractivity contribution is 0.102. The van der Waals surface area contributed by atoms with Crippen LogP contribution in [0.1, 0.15) is 12.0 Å². The number of anilines is 2. The van der Waals surface area contributed by atoms with Gasteiger partial charge < -0.3 is 35.1 Å². The maximum Gasteiger partial charge on any atom is 0.407 e. The first-order valence-corrected chi connectivity index (χ1v) is 10.9. The summed E-state index contributed by atoms with van der Waals surface area (Å²) in [5, 5.41) is 20.9. The molecule has 3 heterocycles. The summed E-state index contributed by atoms with van der Waals surface area (Å²) >= 11 is 0. The van der Waals surface area contributed by atoms with Gasteiger partial charge >= 0.3 is 6.09 Å². The molecule has 1 atom stereocenters. The summed E-state index contributed by atoms with van der Waals surface area (Å²) in [6.45, 7) is 2.54. The van der Waals surface area contributed by atoms with Gasteiger partial charge in [-0.3, -0.25) is 0 Å². The van der Waals surface area contributed by atoms with Gasteiger partial charge in [-0.15, -0.1) is 10.2 Å². The zero-order chi connectivity index (χ0) is 24.1. The number of rotatable bonds is 9. The van der Waals surface area contributed by atoms with Crippen LogP contribution in [0.25, 0.3) is 23.0 Å². The minimum atomic E-state index is -0.967. The van der Waals surface area contributed by atoms with Crippen molar-refractivity contribution in [2.75, 3.05) is 51.0 Å². The van der Waals surface area contributed by atoms with E-state index in [-0.39, 0.29) is 17.8 Å². The molecular weight excluding hydrogens is 440 g/mol. The topological polar surface area (TPSA) is 156 Å². The van der Waals surface area contributed by atoms with Crippen LogP contribution >= 0.6 is 0 Å². The van der Waals surface area contributed by atoms with E-state index in [2.05, 4.69) is 25.5 Å². The zero-order valence-corrected chi connectivity index (χ0v) is 19.1. The van der Waals surface area contributed by atoms with Gasteiger partial charge in [0.2, 0.25) is 5.89 Å². The fourth-order valence-corrected chi connectivity index (χ4v) is 3.93. The highest BCUT2D eigenvalue weighted by atomic mass is 16.5. The number of hydrogen-bond acceptors (Lipinski definition) is 10. The van der Waals surface area contributed by atoms with Crippen LogP contribution in [0.15, 0.2) is 34.9 Å². The molecule has 1 aliphatic rings. The van der Waals surface area contributed by atoms with Crippen molar-refractivity contribution in [3.63, 3.8) is 0 Å². The van der Waals surface area contributed by atoms with Gasteiger partial charge in [0.15, 0.2) is 11.5 Å². The van der Waals surface area contributed by atoms with Gasteiger partial charge in [-0.05, 0) is 31.2 Å². The van der Waals surface area contributed by atoms with E-state index in [0.717, 1.165) is 17.7 Å². The number of carbonyl (C=O) groups is 1. The number of nitrogens with one attached hydrogen (secondary N) is 1. The maximum absolute atomic E-state index is 11.7. The predicted octanol–water partition coefficient (Wildman–Crippen LogP) is 1.70. The molecule has 12 nitrogen and oxygen atoms in total. The minimum absolute atomic E-state index is 0.170. The number of hydrogen-bond donors (Lipinski definition) is 3. The van der Waals surface area contributed by atoms with Crippen LogP contribution in [0.3, 0.4) is 0 Å². The molecule has 3 aromatic rings. The molecule has 4 rings (SSSR count). The Kier molecular flexibility index (Phi) is 7.18. The molecule has 1 aliphatic heterocycles. The van der Waals surface area contributed by atoms with E-state index in [1.165, 1.54) is 4.90 Å². The third-order valence-electron chi connectivity index (χ3n) is 5.71. The third-order valence-corrected chi connectivity index (χ3v) is 5.71. The molecular formula is C22H28N8O4. The van der Waals surface area contributed by atoms with Crippen LogP contribution in [0.2, 0.25) is 0 Å². The van der Waals surface area contributed by atoms with Crippen molar-refractivity contribution >= 4 is 17.7 Å². The first-order chi connectivity index (χ1) is 16.5. The van der Waals surface area contributed by atoms with Crippen LogP contribution in [0, 0.1) is 0 Å². The molecule has 0 unspecified atom stereocenters. The van der Waals surface area contributed by atoms with Crippen LogP contribution in [0.4, 0.5) is 16.4 Å². The van der Waals surface area contributed by atoms with E-state index in [1.54, 1.807) is 13.3 Å². The molecule has 0 aliphatic carbocycles. The van der Waals surface area contributed by atoms with Gasteiger partial charge in [0.25, 0.3) is 5.89 Å². The quantitative estimate of drug-likeness (QED) is 0.420. The van der Waals surface area contributed by atoms with Crippen molar-refractivity contribution in [3.8, 4) is 23.0 Å². The molecule has 0 bridgehead atoms. The molecule has 34 heavy (non-hydrogen) atoms. The lowest BCUT2D eigenvalue weighted by Gasteiger charge is -2.26. The van der Waals surface area contributed by atoms with Gasteiger partial charge in [0.05, 0.1) is 18.8 Å². The lowest BCUT2D eigenvalue weighted by atomic mass is 10.1.